The first-order valence-electron chi connectivity index (χ1n) is 11.5. The maximum atomic E-state index is 12.5. The molecule has 1 heterocycles. The maximum Gasteiger partial charge on any atom is 0.248 e. The molecule has 0 spiro atoms. The standard InChI is InChI=1S/C29H28ClN3O3/c1-20-16-21(2)33(32-20)18-23-4-10-26(11-5-23)31-29(34)15-7-22-6-14-28(35-3)24(17-22)19-36-27-12-8-25(30)9-13-27/h4-17H,18-19H2,1-3H3,(H,31,34). The Hall–Kier alpha value is -4.03. The highest BCUT2D eigenvalue weighted by Crippen LogP contribution is 2.24. The van der Waals surface area contributed by atoms with Crippen LogP contribution < -0.4 is 14.8 Å². The summed E-state index contributed by atoms with van der Waals surface area (Å²) < 4.78 is 13.3. The molecule has 0 unspecified atom stereocenters. The van der Waals surface area contributed by atoms with Crippen molar-refractivity contribution >= 4 is 29.3 Å². The molecule has 36 heavy (non-hydrogen) atoms. The van der Waals surface area contributed by atoms with Crippen LogP contribution in [-0.2, 0) is 17.9 Å². The van der Waals surface area contributed by atoms with Crippen molar-refractivity contribution in [3.63, 3.8) is 0 Å². The fraction of sp³-hybridized carbons (Fsp3) is 0.172. The lowest BCUT2D eigenvalue weighted by molar-refractivity contribution is -0.111. The SMILES string of the molecule is COc1ccc(C=CC(=O)Nc2ccc(Cn3nc(C)cc3C)cc2)cc1COc1ccc(Cl)cc1. The Bertz CT molecular complexity index is 1360. The van der Waals surface area contributed by atoms with E-state index in [0.717, 1.165) is 33.8 Å². The average Bonchev–Trinajstić information content (AvgIpc) is 3.19. The van der Waals surface area contributed by atoms with Crippen molar-refractivity contribution in [1.29, 1.82) is 0 Å². The number of aromatic nitrogens is 2. The highest BCUT2D eigenvalue weighted by Gasteiger charge is 2.07. The van der Waals surface area contributed by atoms with Crippen LogP contribution in [0.2, 0.25) is 5.02 Å². The lowest BCUT2D eigenvalue weighted by Crippen LogP contribution is -2.08. The summed E-state index contributed by atoms with van der Waals surface area (Å²) in [7, 11) is 1.62. The van der Waals surface area contributed by atoms with Gasteiger partial charge in [-0.15, -0.1) is 0 Å². The Morgan fingerprint density at radius 1 is 1.03 bits per heavy atom. The summed E-state index contributed by atoms with van der Waals surface area (Å²) in [4.78, 5) is 12.5. The Kier molecular flexibility index (Phi) is 8.08. The molecule has 0 aliphatic heterocycles. The van der Waals surface area contributed by atoms with Crippen molar-refractivity contribution in [3.8, 4) is 11.5 Å². The number of carbonyl (C=O) groups excluding carboxylic acids is 1. The third-order valence-electron chi connectivity index (χ3n) is 5.60. The fourth-order valence-electron chi connectivity index (χ4n) is 3.76. The minimum absolute atomic E-state index is 0.212. The molecule has 0 radical (unpaired) electrons. The lowest BCUT2D eigenvalue weighted by Gasteiger charge is -2.11. The zero-order valence-electron chi connectivity index (χ0n) is 20.5. The summed E-state index contributed by atoms with van der Waals surface area (Å²) >= 11 is 5.93. The van der Waals surface area contributed by atoms with Gasteiger partial charge >= 0.3 is 0 Å². The number of rotatable bonds is 9. The van der Waals surface area contributed by atoms with E-state index in [1.54, 1.807) is 25.3 Å². The molecule has 0 aliphatic rings. The fourth-order valence-corrected chi connectivity index (χ4v) is 3.89. The van der Waals surface area contributed by atoms with Crippen molar-refractivity contribution in [1.82, 2.24) is 9.78 Å². The van der Waals surface area contributed by atoms with Crippen LogP contribution in [0.3, 0.4) is 0 Å². The van der Waals surface area contributed by atoms with Crippen molar-refractivity contribution in [2.24, 2.45) is 0 Å². The number of anilines is 1. The minimum atomic E-state index is -0.212. The monoisotopic (exact) mass is 501 g/mol. The first-order chi connectivity index (χ1) is 17.4. The topological polar surface area (TPSA) is 65.4 Å². The van der Waals surface area contributed by atoms with Gasteiger partial charge in [0.2, 0.25) is 5.91 Å². The second-order valence-electron chi connectivity index (χ2n) is 8.42. The Labute approximate surface area is 216 Å². The molecule has 1 N–H and O–H groups in total. The van der Waals surface area contributed by atoms with Crippen LogP contribution in [0.4, 0.5) is 5.69 Å². The summed E-state index contributed by atoms with van der Waals surface area (Å²) in [6, 6.07) is 22.7. The minimum Gasteiger partial charge on any atom is -0.496 e. The number of amides is 1. The number of aryl methyl sites for hydroxylation is 2. The van der Waals surface area contributed by atoms with E-state index in [1.807, 2.05) is 73.1 Å². The molecule has 0 saturated carbocycles. The number of methoxy groups -OCH3 is 1. The molecule has 0 bridgehead atoms. The van der Waals surface area contributed by atoms with Crippen molar-refractivity contribution in [2.45, 2.75) is 27.0 Å². The largest absolute Gasteiger partial charge is 0.496 e. The van der Waals surface area contributed by atoms with Crippen molar-refractivity contribution < 1.29 is 14.3 Å². The van der Waals surface area contributed by atoms with E-state index in [0.29, 0.717) is 29.7 Å². The number of hydrogen-bond acceptors (Lipinski definition) is 4. The zero-order valence-corrected chi connectivity index (χ0v) is 21.3. The lowest BCUT2D eigenvalue weighted by atomic mass is 10.1. The molecular formula is C29H28ClN3O3. The van der Waals surface area contributed by atoms with E-state index in [2.05, 4.69) is 16.5 Å². The number of ether oxygens (including phenoxy) is 2. The molecule has 1 aromatic heterocycles. The number of carbonyl (C=O) groups is 1. The van der Waals surface area contributed by atoms with E-state index in [-0.39, 0.29) is 5.91 Å². The van der Waals surface area contributed by atoms with Gasteiger partial charge in [-0.1, -0.05) is 29.8 Å². The third-order valence-corrected chi connectivity index (χ3v) is 5.85. The highest BCUT2D eigenvalue weighted by atomic mass is 35.5. The van der Waals surface area contributed by atoms with E-state index >= 15 is 0 Å². The Morgan fingerprint density at radius 2 is 1.78 bits per heavy atom. The van der Waals surface area contributed by atoms with Gasteiger partial charge in [0.15, 0.2) is 0 Å². The number of nitrogens with zero attached hydrogens (tertiary/aromatic N) is 2. The van der Waals surface area contributed by atoms with Gasteiger partial charge in [-0.2, -0.15) is 5.10 Å². The molecule has 184 valence electrons. The smallest absolute Gasteiger partial charge is 0.248 e. The van der Waals surface area contributed by atoms with Crippen LogP contribution in [0.5, 0.6) is 11.5 Å². The Morgan fingerprint density at radius 3 is 2.44 bits per heavy atom. The maximum absolute atomic E-state index is 12.5. The molecule has 0 saturated heterocycles. The van der Waals surface area contributed by atoms with Gasteiger partial charge in [-0.3, -0.25) is 9.48 Å². The zero-order chi connectivity index (χ0) is 25.5. The summed E-state index contributed by atoms with van der Waals surface area (Å²) in [5, 5.41) is 8.05. The second-order valence-corrected chi connectivity index (χ2v) is 8.85. The number of benzene rings is 3. The molecule has 4 aromatic rings. The van der Waals surface area contributed by atoms with E-state index < -0.39 is 0 Å². The third kappa shape index (κ3) is 6.77. The summed E-state index contributed by atoms with van der Waals surface area (Å²) in [6.45, 7) is 5.04. The predicted octanol–water partition coefficient (Wildman–Crippen LogP) is 6.44. The summed E-state index contributed by atoms with van der Waals surface area (Å²) in [5.74, 6) is 1.21. The number of hydrogen-bond donors (Lipinski definition) is 1. The van der Waals surface area contributed by atoms with Gasteiger partial charge < -0.3 is 14.8 Å². The van der Waals surface area contributed by atoms with Crippen LogP contribution in [0.25, 0.3) is 6.08 Å². The molecule has 3 aromatic carbocycles. The van der Waals surface area contributed by atoms with Crippen LogP contribution in [0, 0.1) is 13.8 Å². The van der Waals surface area contributed by atoms with Gasteiger partial charge in [0, 0.05) is 28.0 Å². The van der Waals surface area contributed by atoms with Gasteiger partial charge in [0.25, 0.3) is 0 Å². The van der Waals surface area contributed by atoms with Gasteiger partial charge in [0.1, 0.15) is 18.1 Å². The predicted molar refractivity (Wildman–Crippen MR) is 144 cm³/mol. The van der Waals surface area contributed by atoms with E-state index in [4.69, 9.17) is 21.1 Å². The van der Waals surface area contributed by atoms with E-state index in [1.165, 1.54) is 6.08 Å². The molecule has 0 fully saturated rings. The van der Waals surface area contributed by atoms with Crippen LogP contribution in [0.15, 0.2) is 78.9 Å². The molecule has 7 heteroatoms. The molecule has 0 aliphatic carbocycles. The molecule has 4 rings (SSSR count). The van der Waals surface area contributed by atoms with Crippen LogP contribution in [-0.4, -0.2) is 22.8 Å². The van der Waals surface area contributed by atoms with Crippen molar-refractivity contribution in [2.75, 3.05) is 12.4 Å². The molecular weight excluding hydrogens is 474 g/mol. The normalized spacial score (nSPS) is 11.0. The second kappa shape index (κ2) is 11.6. The summed E-state index contributed by atoms with van der Waals surface area (Å²) in [6.07, 6.45) is 3.27. The number of nitrogens with one attached hydrogen (secondary N) is 1. The first-order valence-corrected chi connectivity index (χ1v) is 11.9. The first kappa shape index (κ1) is 25.1. The number of halogens is 1. The van der Waals surface area contributed by atoms with Gasteiger partial charge in [-0.25, -0.2) is 0 Å². The van der Waals surface area contributed by atoms with Crippen LogP contribution in [0.1, 0.15) is 28.1 Å². The highest BCUT2D eigenvalue weighted by molar-refractivity contribution is 6.30. The molecule has 6 nitrogen and oxygen atoms in total. The molecule has 1 amide bonds. The average molecular weight is 502 g/mol. The quantitative estimate of drug-likeness (QED) is 0.268. The van der Waals surface area contributed by atoms with Crippen molar-refractivity contribution in [3.05, 3.63) is 112 Å². The van der Waals surface area contributed by atoms with Crippen LogP contribution >= 0.6 is 11.6 Å². The van der Waals surface area contributed by atoms with Gasteiger partial charge in [-0.05, 0) is 85.6 Å². The summed E-state index contributed by atoms with van der Waals surface area (Å²) in [5.41, 5.74) is 5.69. The van der Waals surface area contributed by atoms with Gasteiger partial charge in [0.05, 0.1) is 19.3 Å². The molecule has 0 atom stereocenters. The van der Waals surface area contributed by atoms with E-state index in [9.17, 15) is 4.79 Å². The Balaban J connectivity index is 1.36.